The van der Waals surface area contributed by atoms with Crippen LogP contribution in [0.15, 0.2) is 95.5 Å². The highest BCUT2D eigenvalue weighted by molar-refractivity contribution is 7.99. The van der Waals surface area contributed by atoms with Crippen molar-refractivity contribution in [2.45, 2.75) is 31.6 Å². The molecule has 0 spiro atoms. The van der Waals surface area contributed by atoms with Gasteiger partial charge in [0.1, 0.15) is 11.0 Å². The number of benzene rings is 3. The highest BCUT2D eigenvalue weighted by atomic mass is 35.5. The summed E-state index contributed by atoms with van der Waals surface area (Å²) < 4.78 is 0. The topological polar surface area (TPSA) is 91.3 Å². The number of amides is 2. The molecule has 1 N–H and O–H groups in total. The van der Waals surface area contributed by atoms with Crippen LogP contribution >= 0.6 is 34.7 Å². The second-order valence-corrected chi connectivity index (χ2v) is 12.9. The number of thiazole rings is 1. The van der Waals surface area contributed by atoms with Crippen LogP contribution in [0, 0.1) is 13.8 Å². The van der Waals surface area contributed by atoms with Crippen molar-refractivity contribution in [1.82, 2.24) is 19.9 Å². The van der Waals surface area contributed by atoms with Crippen molar-refractivity contribution >= 4 is 57.9 Å². The first-order chi connectivity index (χ1) is 21.7. The second kappa shape index (κ2) is 14.7. The SMILES string of the molecule is Cc1cc(C)nc(SCC(=O)N(Cc2nc(-c3ccccc3)cs2)[C@@H](C(=O)Nc2ccc(N(C)C)cc2)c2ccc(Cl)cc2)n1. The van der Waals surface area contributed by atoms with Crippen LogP contribution in [-0.2, 0) is 16.1 Å². The zero-order chi connectivity index (χ0) is 31.9. The number of thioether (sulfide) groups is 1. The van der Waals surface area contributed by atoms with Crippen LogP contribution in [0.1, 0.15) is 28.0 Å². The Kier molecular flexibility index (Phi) is 10.5. The molecule has 2 amide bonds. The first-order valence-electron chi connectivity index (χ1n) is 14.2. The maximum Gasteiger partial charge on any atom is 0.251 e. The zero-order valence-electron chi connectivity index (χ0n) is 25.4. The number of anilines is 2. The zero-order valence-corrected chi connectivity index (χ0v) is 27.8. The molecule has 0 radical (unpaired) electrons. The van der Waals surface area contributed by atoms with Gasteiger partial charge >= 0.3 is 0 Å². The van der Waals surface area contributed by atoms with Crippen molar-refractivity contribution in [3.8, 4) is 11.3 Å². The summed E-state index contributed by atoms with van der Waals surface area (Å²) in [5, 5.41) is 6.74. The number of halogens is 1. The second-order valence-electron chi connectivity index (χ2n) is 10.6. The molecule has 5 aromatic rings. The summed E-state index contributed by atoms with van der Waals surface area (Å²) >= 11 is 8.93. The molecule has 0 aliphatic heterocycles. The number of nitrogens with one attached hydrogen (secondary N) is 1. The summed E-state index contributed by atoms with van der Waals surface area (Å²) in [6, 6.07) is 25.3. The minimum absolute atomic E-state index is 0.0364. The normalized spacial score (nSPS) is 11.6. The van der Waals surface area contributed by atoms with E-state index >= 15 is 0 Å². The number of hydrogen-bond acceptors (Lipinski definition) is 8. The van der Waals surface area contributed by atoms with E-state index in [1.807, 2.05) is 98.9 Å². The Morgan fingerprint density at radius 3 is 2.22 bits per heavy atom. The molecule has 0 aliphatic carbocycles. The highest BCUT2D eigenvalue weighted by Gasteiger charge is 2.33. The maximum absolute atomic E-state index is 14.1. The summed E-state index contributed by atoms with van der Waals surface area (Å²) in [7, 11) is 3.91. The molecule has 0 unspecified atom stereocenters. The van der Waals surface area contributed by atoms with Crippen LogP contribution in [-0.4, -0.2) is 51.5 Å². The van der Waals surface area contributed by atoms with E-state index < -0.39 is 6.04 Å². The van der Waals surface area contributed by atoms with Crippen molar-refractivity contribution in [1.29, 1.82) is 0 Å². The van der Waals surface area contributed by atoms with E-state index in [1.165, 1.54) is 23.1 Å². The van der Waals surface area contributed by atoms with Crippen LogP contribution in [0.2, 0.25) is 5.02 Å². The highest BCUT2D eigenvalue weighted by Crippen LogP contribution is 2.30. The molecule has 0 fully saturated rings. The lowest BCUT2D eigenvalue weighted by Crippen LogP contribution is -2.41. The molecule has 0 saturated carbocycles. The van der Waals surface area contributed by atoms with Gasteiger partial charge in [-0.25, -0.2) is 15.0 Å². The molecule has 1 atom stereocenters. The van der Waals surface area contributed by atoms with Gasteiger partial charge in [-0.3, -0.25) is 9.59 Å². The lowest BCUT2D eigenvalue weighted by molar-refractivity contribution is -0.137. The fourth-order valence-electron chi connectivity index (χ4n) is 4.73. The van der Waals surface area contributed by atoms with E-state index in [9.17, 15) is 9.59 Å². The van der Waals surface area contributed by atoms with Crippen molar-refractivity contribution < 1.29 is 9.59 Å². The average molecular weight is 657 g/mol. The molecule has 45 heavy (non-hydrogen) atoms. The standard InChI is InChI=1S/C34H33ClN6O2S2/c1-22-18-23(2)37-34(36-22)45-21-31(42)41(19-30-39-29(20-44-30)24-8-6-5-7-9-24)32(25-10-12-26(35)13-11-25)33(43)38-27-14-16-28(17-15-27)40(3)4/h5-18,20,32H,19,21H2,1-4H3,(H,38,43)/t32-/m1/s1. The molecular weight excluding hydrogens is 624 g/mol. The molecule has 230 valence electrons. The Hall–Kier alpha value is -4.25. The molecule has 5 rings (SSSR count). The summed E-state index contributed by atoms with van der Waals surface area (Å²) in [5.41, 5.74) is 5.69. The predicted molar refractivity (Wildman–Crippen MR) is 184 cm³/mol. The van der Waals surface area contributed by atoms with Crippen molar-refractivity contribution in [3.05, 3.63) is 117 Å². The molecule has 3 aromatic carbocycles. The van der Waals surface area contributed by atoms with Gasteiger partial charge in [-0.1, -0.05) is 65.8 Å². The largest absolute Gasteiger partial charge is 0.378 e. The van der Waals surface area contributed by atoms with E-state index in [4.69, 9.17) is 16.6 Å². The Balaban J connectivity index is 1.49. The number of carbonyl (C=O) groups is 2. The number of aryl methyl sites for hydroxylation is 2. The van der Waals surface area contributed by atoms with Crippen LogP contribution in [0.5, 0.6) is 0 Å². The monoisotopic (exact) mass is 656 g/mol. The Morgan fingerprint density at radius 2 is 1.58 bits per heavy atom. The summed E-state index contributed by atoms with van der Waals surface area (Å²) in [4.78, 5) is 45.7. The number of rotatable bonds is 11. The van der Waals surface area contributed by atoms with Crippen LogP contribution in [0.25, 0.3) is 11.3 Å². The van der Waals surface area contributed by atoms with Crippen molar-refractivity contribution in [3.63, 3.8) is 0 Å². The van der Waals surface area contributed by atoms with Crippen molar-refractivity contribution in [2.24, 2.45) is 0 Å². The molecule has 0 bridgehead atoms. The number of carbonyl (C=O) groups excluding carboxylic acids is 2. The van der Waals surface area contributed by atoms with Gasteiger partial charge in [-0.2, -0.15) is 0 Å². The van der Waals surface area contributed by atoms with Gasteiger partial charge in [0.15, 0.2) is 5.16 Å². The Morgan fingerprint density at radius 1 is 0.911 bits per heavy atom. The molecule has 8 nitrogen and oxygen atoms in total. The van der Waals surface area contributed by atoms with Gasteiger partial charge in [0.2, 0.25) is 5.91 Å². The Bertz CT molecular complexity index is 1740. The number of nitrogens with zero attached hydrogens (tertiary/aromatic N) is 5. The number of hydrogen-bond donors (Lipinski definition) is 1. The molecule has 0 aliphatic rings. The van der Waals surface area contributed by atoms with Crippen LogP contribution < -0.4 is 10.2 Å². The average Bonchev–Trinajstić information content (AvgIpc) is 3.49. The lowest BCUT2D eigenvalue weighted by atomic mass is 10.0. The van der Waals surface area contributed by atoms with Crippen LogP contribution in [0.4, 0.5) is 11.4 Å². The third-order valence-electron chi connectivity index (χ3n) is 6.93. The minimum atomic E-state index is -0.965. The van der Waals surface area contributed by atoms with E-state index in [1.54, 1.807) is 29.2 Å². The first-order valence-corrected chi connectivity index (χ1v) is 16.5. The number of aromatic nitrogens is 3. The van der Waals surface area contributed by atoms with Gasteiger partial charge in [0, 0.05) is 52.8 Å². The van der Waals surface area contributed by atoms with Gasteiger partial charge in [0.25, 0.3) is 5.91 Å². The third kappa shape index (κ3) is 8.48. The fraction of sp³-hybridized carbons (Fsp3) is 0.206. The lowest BCUT2D eigenvalue weighted by Gasteiger charge is -2.31. The Labute approximate surface area is 276 Å². The van der Waals surface area contributed by atoms with Gasteiger partial charge in [-0.05, 0) is 61.9 Å². The van der Waals surface area contributed by atoms with E-state index in [2.05, 4.69) is 15.3 Å². The van der Waals surface area contributed by atoms with Gasteiger partial charge < -0.3 is 15.1 Å². The smallest absolute Gasteiger partial charge is 0.251 e. The summed E-state index contributed by atoms with van der Waals surface area (Å²) in [5.74, 6) is -0.567. The predicted octanol–water partition coefficient (Wildman–Crippen LogP) is 7.44. The van der Waals surface area contributed by atoms with E-state index in [0.717, 1.165) is 28.3 Å². The van der Waals surface area contributed by atoms with E-state index in [0.29, 0.717) is 26.4 Å². The summed E-state index contributed by atoms with van der Waals surface area (Å²) in [6.45, 7) is 3.92. The third-order valence-corrected chi connectivity index (χ3v) is 8.85. The molecule has 2 heterocycles. The molecule has 0 saturated heterocycles. The minimum Gasteiger partial charge on any atom is -0.378 e. The van der Waals surface area contributed by atoms with Gasteiger partial charge in [0.05, 0.1) is 18.0 Å². The first kappa shape index (κ1) is 32.2. The maximum atomic E-state index is 14.1. The summed E-state index contributed by atoms with van der Waals surface area (Å²) in [6.07, 6.45) is 0. The quantitative estimate of drug-likeness (QED) is 0.117. The molecular formula is C34H33ClN6O2S2. The molecule has 11 heteroatoms. The van der Waals surface area contributed by atoms with Gasteiger partial charge in [-0.15, -0.1) is 11.3 Å². The van der Waals surface area contributed by atoms with Crippen molar-refractivity contribution in [2.75, 3.05) is 30.1 Å². The fourth-order valence-corrected chi connectivity index (χ4v) is 6.50. The molecule has 2 aromatic heterocycles. The van der Waals surface area contributed by atoms with E-state index in [-0.39, 0.29) is 24.1 Å². The van der Waals surface area contributed by atoms with Crippen LogP contribution in [0.3, 0.4) is 0 Å².